The Balaban J connectivity index is 1.95. The van der Waals surface area contributed by atoms with Crippen LogP contribution in [0.4, 0.5) is 0 Å². The van der Waals surface area contributed by atoms with Gasteiger partial charge < -0.3 is 0 Å². The number of ketones is 1. The van der Waals surface area contributed by atoms with E-state index in [0.29, 0.717) is 5.78 Å². The molecule has 0 saturated carbocycles. The molecule has 0 spiro atoms. The Bertz CT molecular complexity index is 568. The summed E-state index contributed by atoms with van der Waals surface area (Å²) >= 11 is 1.61. The monoisotopic (exact) mass is 242 g/mol. The predicted molar refractivity (Wildman–Crippen MR) is 70.9 cm³/mol. The molecule has 0 bridgehead atoms. The summed E-state index contributed by atoms with van der Waals surface area (Å²) in [6, 6.07) is 12.3. The van der Waals surface area contributed by atoms with E-state index in [-0.39, 0.29) is 5.92 Å². The minimum atomic E-state index is 0.0873. The first-order valence-corrected chi connectivity index (χ1v) is 6.76. The van der Waals surface area contributed by atoms with E-state index in [0.717, 1.165) is 17.7 Å². The van der Waals surface area contributed by atoms with Gasteiger partial charge in [-0.15, -0.1) is 11.3 Å². The van der Waals surface area contributed by atoms with Gasteiger partial charge in [0, 0.05) is 10.8 Å². The molecule has 17 heavy (non-hydrogen) atoms. The highest BCUT2D eigenvalue weighted by Crippen LogP contribution is 2.36. The van der Waals surface area contributed by atoms with Crippen LogP contribution in [-0.2, 0) is 6.42 Å². The fourth-order valence-electron chi connectivity index (χ4n) is 2.57. The quantitative estimate of drug-likeness (QED) is 0.728. The van der Waals surface area contributed by atoms with Crippen LogP contribution in [0.1, 0.15) is 38.0 Å². The van der Waals surface area contributed by atoms with Gasteiger partial charge in [-0.2, -0.15) is 0 Å². The SMILES string of the molecule is Cc1ccc(C(=O)C2CCc3ccccc32)s1. The fraction of sp³-hybridized carbons (Fsp3) is 0.267. The lowest BCUT2D eigenvalue weighted by atomic mass is 9.96. The molecule has 0 N–H and O–H groups in total. The molecule has 1 aliphatic rings. The molecule has 0 fully saturated rings. The van der Waals surface area contributed by atoms with Crippen molar-refractivity contribution in [2.45, 2.75) is 25.7 Å². The van der Waals surface area contributed by atoms with Crippen LogP contribution in [0.25, 0.3) is 0 Å². The van der Waals surface area contributed by atoms with Gasteiger partial charge in [-0.1, -0.05) is 24.3 Å². The zero-order valence-corrected chi connectivity index (χ0v) is 10.6. The van der Waals surface area contributed by atoms with Gasteiger partial charge >= 0.3 is 0 Å². The van der Waals surface area contributed by atoms with Gasteiger partial charge in [0.05, 0.1) is 4.88 Å². The number of carbonyl (C=O) groups excluding carboxylic acids is 1. The number of Topliss-reactive ketones (excluding diaryl/α,β-unsaturated/α-hetero) is 1. The number of benzene rings is 1. The summed E-state index contributed by atoms with van der Waals surface area (Å²) in [5.74, 6) is 0.386. The van der Waals surface area contributed by atoms with Gasteiger partial charge in [-0.3, -0.25) is 4.79 Å². The van der Waals surface area contributed by atoms with Crippen molar-refractivity contribution in [1.29, 1.82) is 0 Å². The molecule has 1 unspecified atom stereocenters. The third-order valence-corrected chi connectivity index (χ3v) is 4.45. The Morgan fingerprint density at radius 2 is 2.06 bits per heavy atom. The van der Waals surface area contributed by atoms with Gasteiger partial charge in [0.25, 0.3) is 0 Å². The second-order valence-electron chi connectivity index (χ2n) is 4.56. The van der Waals surface area contributed by atoms with Crippen LogP contribution in [0.3, 0.4) is 0 Å². The average Bonchev–Trinajstić information content (AvgIpc) is 2.94. The van der Waals surface area contributed by atoms with Crippen LogP contribution in [0.15, 0.2) is 36.4 Å². The third kappa shape index (κ3) is 1.83. The van der Waals surface area contributed by atoms with Crippen LogP contribution < -0.4 is 0 Å². The predicted octanol–water partition coefficient (Wildman–Crippen LogP) is 3.97. The van der Waals surface area contributed by atoms with Gasteiger partial charge in [0.15, 0.2) is 5.78 Å². The highest BCUT2D eigenvalue weighted by Gasteiger charge is 2.29. The normalized spacial score (nSPS) is 18.1. The number of rotatable bonds is 2. The molecule has 0 aliphatic heterocycles. The minimum absolute atomic E-state index is 0.0873. The molecule has 2 aromatic rings. The number of carbonyl (C=O) groups is 1. The van der Waals surface area contributed by atoms with E-state index < -0.39 is 0 Å². The summed E-state index contributed by atoms with van der Waals surface area (Å²) in [4.78, 5) is 14.5. The van der Waals surface area contributed by atoms with Crippen molar-refractivity contribution in [3.8, 4) is 0 Å². The Labute approximate surface area is 105 Å². The first-order chi connectivity index (χ1) is 8.25. The highest BCUT2D eigenvalue weighted by atomic mass is 32.1. The molecule has 0 radical (unpaired) electrons. The van der Waals surface area contributed by atoms with E-state index in [9.17, 15) is 4.79 Å². The summed E-state index contributed by atoms with van der Waals surface area (Å²) in [6.45, 7) is 2.05. The van der Waals surface area contributed by atoms with Crippen LogP contribution in [0.2, 0.25) is 0 Å². The summed E-state index contributed by atoms with van der Waals surface area (Å²) in [5, 5.41) is 0. The fourth-order valence-corrected chi connectivity index (χ4v) is 3.43. The van der Waals surface area contributed by atoms with Crippen LogP contribution in [0, 0.1) is 6.92 Å². The zero-order valence-electron chi connectivity index (χ0n) is 9.77. The van der Waals surface area contributed by atoms with Crippen molar-refractivity contribution in [1.82, 2.24) is 0 Å². The number of hydrogen-bond donors (Lipinski definition) is 0. The van der Waals surface area contributed by atoms with Crippen LogP contribution >= 0.6 is 11.3 Å². The zero-order chi connectivity index (χ0) is 11.8. The van der Waals surface area contributed by atoms with Gasteiger partial charge in [0.2, 0.25) is 0 Å². The minimum Gasteiger partial charge on any atom is -0.293 e. The molecular weight excluding hydrogens is 228 g/mol. The van der Waals surface area contributed by atoms with Crippen molar-refractivity contribution in [3.63, 3.8) is 0 Å². The lowest BCUT2D eigenvalue weighted by molar-refractivity contribution is 0.0963. The molecule has 1 aliphatic carbocycles. The maximum absolute atomic E-state index is 12.4. The number of aryl methyl sites for hydroxylation is 2. The van der Waals surface area contributed by atoms with Crippen molar-refractivity contribution in [3.05, 3.63) is 57.3 Å². The molecule has 1 heterocycles. The maximum atomic E-state index is 12.4. The topological polar surface area (TPSA) is 17.1 Å². The first kappa shape index (κ1) is 10.7. The molecule has 1 aromatic heterocycles. The van der Waals surface area contributed by atoms with E-state index in [2.05, 4.69) is 18.2 Å². The van der Waals surface area contributed by atoms with Crippen LogP contribution in [0.5, 0.6) is 0 Å². The number of thiophene rings is 1. The Kier molecular flexibility index (Phi) is 2.60. The van der Waals surface area contributed by atoms with Gasteiger partial charge in [-0.25, -0.2) is 0 Å². The average molecular weight is 242 g/mol. The molecule has 0 amide bonds. The summed E-state index contributed by atoms with van der Waals surface area (Å²) in [6.07, 6.45) is 2.01. The molecule has 1 atom stereocenters. The van der Waals surface area contributed by atoms with Crippen LogP contribution in [-0.4, -0.2) is 5.78 Å². The van der Waals surface area contributed by atoms with Crippen molar-refractivity contribution in [2.75, 3.05) is 0 Å². The molecule has 3 rings (SSSR count). The first-order valence-electron chi connectivity index (χ1n) is 5.94. The Morgan fingerprint density at radius 1 is 1.24 bits per heavy atom. The van der Waals surface area contributed by atoms with E-state index in [4.69, 9.17) is 0 Å². The second-order valence-corrected chi connectivity index (χ2v) is 5.85. The lowest BCUT2D eigenvalue weighted by Crippen LogP contribution is -2.08. The third-order valence-electron chi connectivity index (χ3n) is 3.43. The summed E-state index contributed by atoms with van der Waals surface area (Å²) in [7, 11) is 0. The van der Waals surface area contributed by atoms with Crippen molar-refractivity contribution in [2.24, 2.45) is 0 Å². The smallest absolute Gasteiger partial charge is 0.180 e. The second kappa shape index (κ2) is 4.11. The van der Waals surface area contributed by atoms with Crippen molar-refractivity contribution < 1.29 is 4.79 Å². The number of hydrogen-bond acceptors (Lipinski definition) is 2. The van der Waals surface area contributed by atoms with E-state index in [1.165, 1.54) is 16.0 Å². The van der Waals surface area contributed by atoms with Gasteiger partial charge in [0.1, 0.15) is 0 Å². The highest BCUT2D eigenvalue weighted by molar-refractivity contribution is 7.14. The molecule has 0 saturated heterocycles. The van der Waals surface area contributed by atoms with E-state index in [1.807, 2.05) is 25.1 Å². The Morgan fingerprint density at radius 3 is 2.82 bits per heavy atom. The van der Waals surface area contributed by atoms with Gasteiger partial charge in [-0.05, 0) is 43.0 Å². The Hall–Kier alpha value is -1.41. The number of fused-ring (bicyclic) bond motifs is 1. The van der Waals surface area contributed by atoms with E-state index in [1.54, 1.807) is 11.3 Å². The maximum Gasteiger partial charge on any atom is 0.180 e. The largest absolute Gasteiger partial charge is 0.293 e. The molecule has 1 nitrogen and oxygen atoms in total. The molecular formula is C15H14OS. The lowest BCUT2D eigenvalue weighted by Gasteiger charge is -2.08. The van der Waals surface area contributed by atoms with E-state index >= 15 is 0 Å². The molecule has 2 heteroatoms. The molecule has 86 valence electrons. The summed E-state index contributed by atoms with van der Waals surface area (Å²) < 4.78 is 0. The van der Waals surface area contributed by atoms with Crippen molar-refractivity contribution >= 4 is 17.1 Å². The standard InChI is InChI=1S/C15H14OS/c1-10-6-9-14(17-10)15(16)13-8-7-11-4-2-3-5-12(11)13/h2-6,9,13H,7-8H2,1H3. The molecule has 1 aromatic carbocycles. The summed E-state index contributed by atoms with van der Waals surface area (Å²) in [5.41, 5.74) is 2.59.